The molecule has 13 heteroatoms. The fourth-order valence-electron chi connectivity index (χ4n) is 5.37. The maximum Gasteiger partial charge on any atom is 0.322 e. The van der Waals surface area contributed by atoms with Crippen LogP contribution >= 0.6 is 0 Å². The number of hydrogen-bond donors (Lipinski definition) is 2. The van der Waals surface area contributed by atoms with Gasteiger partial charge in [-0.3, -0.25) is 19.5 Å². The van der Waals surface area contributed by atoms with Gasteiger partial charge in [0.25, 0.3) is 5.91 Å². The van der Waals surface area contributed by atoms with Gasteiger partial charge in [-0.15, -0.1) is 0 Å². The summed E-state index contributed by atoms with van der Waals surface area (Å²) in [5, 5.41) is 13.1. The molecule has 4 heterocycles. The highest BCUT2D eigenvalue weighted by molar-refractivity contribution is 5.96. The third kappa shape index (κ3) is 5.34. The number of benzene rings is 2. The first-order valence-corrected chi connectivity index (χ1v) is 13.9. The van der Waals surface area contributed by atoms with Gasteiger partial charge in [-0.05, 0) is 42.3 Å². The SMILES string of the molecule is [2H]C([2H])([2H])[n+]1[nH]nnc1[C@@H](c1ccccc1)N1CCN(C(=O)c2cc(-c3nc4cc(NC(=O)[C@@H]5C[C@@H]5F)ccc4o3)ccn2)CC1. The first-order chi connectivity index (χ1) is 22.2. The number of tetrazole rings is 1. The summed E-state index contributed by atoms with van der Waals surface area (Å²) < 4.78 is 43.9. The minimum absolute atomic E-state index is 0.225. The number of aromatic amines is 1. The first-order valence-electron chi connectivity index (χ1n) is 15.4. The van der Waals surface area contributed by atoms with Crippen molar-refractivity contribution in [1.29, 1.82) is 0 Å². The fourth-order valence-corrected chi connectivity index (χ4v) is 5.37. The zero-order chi connectivity index (χ0) is 32.0. The Hall–Kier alpha value is -5.04. The molecular weight excluding hydrogens is 553 g/mol. The van der Waals surface area contributed by atoms with E-state index in [2.05, 4.69) is 35.7 Å². The number of halogens is 1. The Morgan fingerprint density at radius 2 is 1.95 bits per heavy atom. The van der Waals surface area contributed by atoms with Crippen molar-refractivity contribution in [3.63, 3.8) is 0 Å². The molecule has 2 amide bonds. The van der Waals surface area contributed by atoms with Crippen molar-refractivity contribution in [3.05, 3.63) is 83.9 Å². The van der Waals surface area contributed by atoms with Gasteiger partial charge in [0.15, 0.2) is 10.8 Å². The van der Waals surface area contributed by atoms with Crippen LogP contribution in [0.3, 0.4) is 0 Å². The summed E-state index contributed by atoms with van der Waals surface area (Å²) >= 11 is 0. The molecule has 3 atom stereocenters. The zero-order valence-corrected chi connectivity index (χ0v) is 22.9. The third-order valence-corrected chi connectivity index (χ3v) is 7.78. The van der Waals surface area contributed by atoms with E-state index in [0.717, 1.165) is 10.2 Å². The molecule has 3 aromatic heterocycles. The number of alkyl halides is 1. The van der Waals surface area contributed by atoms with E-state index in [4.69, 9.17) is 8.53 Å². The minimum atomic E-state index is -2.50. The summed E-state index contributed by atoms with van der Waals surface area (Å²) in [6.07, 6.45) is 0.674. The highest BCUT2D eigenvalue weighted by Crippen LogP contribution is 2.35. The molecular formula is C30H29FN9O3+. The van der Waals surface area contributed by atoms with Crippen LogP contribution in [0.1, 0.15) is 38.5 Å². The van der Waals surface area contributed by atoms with Crippen LogP contribution in [0.25, 0.3) is 22.6 Å². The van der Waals surface area contributed by atoms with Gasteiger partial charge < -0.3 is 14.6 Å². The Bertz CT molecular complexity index is 1910. The van der Waals surface area contributed by atoms with Crippen molar-refractivity contribution in [2.24, 2.45) is 12.9 Å². The lowest BCUT2D eigenvalue weighted by atomic mass is 10.0. The number of nitrogens with one attached hydrogen (secondary N) is 2. The molecule has 0 unspecified atom stereocenters. The van der Waals surface area contributed by atoms with E-state index < -0.39 is 25.1 Å². The standard InChI is InChI=1S/C30H28FN9O3/c1-38-27(35-36-37-38)26(18-5-3-2-4-6-18)39-11-13-40(14-12-39)30(42)24-15-19(9-10-32-24)29-34-23-16-20(7-8-25(23)43-29)33-28(41)21-17-22(21)31/h2-10,15-16,21-22,26H,11-14,17H2,1H3,(H,33,41)/p+1/t21-,22+,26-/m1/s1/i1D3. The van der Waals surface area contributed by atoms with Crippen LogP contribution in [0.5, 0.6) is 0 Å². The number of oxazole rings is 1. The number of rotatable bonds is 7. The van der Waals surface area contributed by atoms with Crippen LogP contribution in [0.15, 0.2) is 71.3 Å². The Kier molecular flexibility index (Phi) is 6.01. The van der Waals surface area contributed by atoms with Gasteiger partial charge in [-0.1, -0.05) is 35.5 Å². The van der Waals surface area contributed by atoms with Crippen molar-refractivity contribution in [2.45, 2.75) is 18.6 Å². The summed E-state index contributed by atoms with van der Waals surface area (Å²) in [5.74, 6) is -0.687. The third-order valence-electron chi connectivity index (χ3n) is 7.78. The number of nitrogens with zero attached hydrogens (tertiary/aromatic N) is 7. The summed E-state index contributed by atoms with van der Waals surface area (Å²) in [4.78, 5) is 38.3. The fraction of sp³-hybridized carbons (Fsp3) is 0.300. The van der Waals surface area contributed by atoms with Crippen molar-refractivity contribution in [2.75, 3.05) is 31.5 Å². The molecule has 2 N–H and O–H groups in total. The quantitative estimate of drug-likeness (QED) is 0.278. The van der Waals surface area contributed by atoms with Gasteiger partial charge in [0.05, 0.1) is 17.0 Å². The Labute approximate surface area is 249 Å². The zero-order valence-electron chi connectivity index (χ0n) is 25.9. The van der Waals surface area contributed by atoms with Gasteiger partial charge in [-0.2, -0.15) is 4.68 Å². The topological polar surface area (TPSA) is 137 Å². The number of amides is 2. The lowest BCUT2D eigenvalue weighted by Gasteiger charge is -2.37. The molecule has 0 radical (unpaired) electrons. The average molecular weight is 586 g/mol. The number of aryl methyl sites for hydroxylation is 1. The van der Waals surface area contributed by atoms with Gasteiger partial charge >= 0.3 is 5.82 Å². The summed E-state index contributed by atoms with van der Waals surface area (Å²) in [6, 6.07) is 17.3. The molecule has 5 aromatic rings. The maximum atomic E-state index is 13.6. The van der Waals surface area contributed by atoms with E-state index in [1.165, 1.54) is 6.20 Å². The van der Waals surface area contributed by atoms with Crippen molar-refractivity contribution >= 4 is 28.6 Å². The molecule has 43 heavy (non-hydrogen) atoms. The second-order valence-corrected chi connectivity index (χ2v) is 10.6. The highest BCUT2D eigenvalue weighted by Gasteiger charge is 2.43. The molecule has 7 rings (SSSR count). The van der Waals surface area contributed by atoms with Gasteiger partial charge in [0.1, 0.15) is 28.5 Å². The molecule has 12 nitrogen and oxygen atoms in total. The number of fused-ring (bicyclic) bond motifs is 1. The molecule has 0 spiro atoms. The number of H-pyrrole nitrogens is 1. The second kappa shape index (κ2) is 11.0. The number of carbonyl (C=O) groups excluding carboxylic acids is 2. The van der Waals surface area contributed by atoms with Crippen LogP contribution in [0.2, 0.25) is 0 Å². The molecule has 2 aromatic carbocycles. The average Bonchev–Trinajstić information content (AvgIpc) is 3.40. The molecule has 2 aliphatic rings. The summed E-state index contributed by atoms with van der Waals surface area (Å²) in [6.45, 7) is -0.836. The van der Waals surface area contributed by atoms with Crippen molar-refractivity contribution in [3.8, 4) is 11.5 Å². The van der Waals surface area contributed by atoms with Crippen LogP contribution in [-0.2, 0) is 11.8 Å². The Morgan fingerprint density at radius 1 is 1.14 bits per heavy atom. The van der Waals surface area contributed by atoms with Gasteiger partial charge in [-0.25, -0.2) is 9.37 Å². The van der Waals surface area contributed by atoms with Gasteiger partial charge in [0.2, 0.25) is 11.8 Å². The largest absolute Gasteiger partial charge is 0.436 e. The normalized spacial score (nSPS) is 20.7. The van der Waals surface area contributed by atoms with Crippen molar-refractivity contribution < 1.29 is 27.2 Å². The minimum Gasteiger partial charge on any atom is -0.436 e. The summed E-state index contributed by atoms with van der Waals surface area (Å²) in [5.41, 5.74) is 3.12. The van der Waals surface area contributed by atoms with Crippen LogP contribution in [-0.4, -0.2) is 79.5 Å². The Balaban J connectivity index is 1.06. The number of pyridine rings is 1. The number of anilines is 1. The van der Waals surface area contributed by atoms with E-state index in [9.17, 15) is 14.0 Å². The van der Waals surface area contributed by atoms with E-state index in [1.54, 1.807) is 35.2 Å². The predicted molar refractivity (Wildman–Crippen MR) is 152 cm³/mol. The van der Waals surface area contributed by atoms with Crippen LogP contribution < -0.4 is 10.00 Å². The number of aromatic nitrogens is 6. The van der Waals surface area contributed by atoms with Gasteiger partial charge in [0, 0.05) is 43.6 Å². The van der Waals surface area contributed by atoms with E-state index in [0.29, 0.717) is 48.5 Å². The molecule has 1 aliphatic heterocycles. The predicted octanol–water partition coefficient (Wildman–Crippen LogP) is 2.68. The lowest BCUT2D eigenvalue weighted by molar-refractivity contribution is -0.739. The van der Waals surface area contributed by atoms with E-state index >= 15 is 0 Å². The molecule has 0 bridgehead atoms. The molecule has 2 fully saturated rings. The maximum absolute atomic E-state index is 13.6. The second-order valence-electron chi connectivity index (χ2n) is 10.6. The number of hydrogen-bond acceptors (Lipinski definition) is 8. The molecule has 1 aliphatic carbocycles. The molecule has 1 saturated carbocycles. The Morgan fingerprint density at radius 3 is 2.72 bits per heavy atom. The van der Waals surface area contributed by atoms with E-state index in [-0.39, 0.29) is 35.6 Å². The number of piperazine rings is 1. The smallest absolute Gasteiger partial charge is 0.322 e. The lowest BCUT2D eigenvalue weighted by Crippen LogP contribution is -2.52. The van der Waals surface area contributed by atoms with Crippen LogP contribution in [0, 0.1) is 5.92 Å². The van der Waals surface area contributed by atoms with E-state index in [1.807, 2.05) is 30.3 Å². The van der Waals surface area contributed by atoms with Crippen LogP contribution in [0.4, 0.5) is 10.1 Å². The first kappa shape index (κ1) is 23.5. The number of carbonyl (C=O) groups is 2. The monoisotopic (exact) mass is 585 g/mol. The molecule has 218 valence electrons. The summed E-state index contributed by atoms with van der Waals surface area (Å²) in [7, 11) is 0. The van der Waals surface area contributed by atoms with Crippen molar-refractivity contribution in [1.82, 2.24) is 35.3 Å². The molecule has 1 saturated heterocycles. The highest BCUT2D eigenvalue weighted by atomic mass is 19.1.